The summed E-state index contributed by atoms with van der Waals surface area (Å²) in [6.07, 6.45) is 4.94. The first-order chi connectivity index (χ1) is 8.90. The van der Waals surface area contributed by atoms with Crippen molar-refractivity contribution < 1.29 is 8.42 Å². The van der Waals surface area contributed by atoms with Gasteiger partial charge in [0.05, 0.1) is 8.68 Å². The minimum atomic E-state index is -3.39. The summed E-state index contributed by atoms with van der Waals surface area (Å²) >= 11 is 4.79. The molecule has 0 aliphatic heterocycles. The molecule has 1 unspecified atom stereocenters. The Balaban J connectivity index is 2.84. The number of nitrogens with one attached hydrogen (secondary N) is 1. The van der Waals surface area contributed by atoms with Crippen molar-refractivity contribution in [1.82, 2.24) is 4.72 Å². The standard InChI is InChI=1S/C13H22BrNO2S2/c1-4-6-8-11(7-5-2)15-19(16,17)12-9-13(14)18-10(12)3/h9,11,15H,4-8H2,1-3H3. The van der Waals surface area contributed by atoms with Crippen LogP contribution in [-0.2, 0) is 10.0 Å². The van der Waals surface area contributed by atoms with E-state index >= 15 is 0 Å². The molecule has 0 aliphatic rings. The molecule has 1 heterocycles. The fourth-order valence-corrected chi connectivity index (χ4v) is 5.76. The highest BCUT2D eigenvalue weighted by Gasteiger charge is 2.22. The Labute approximate surface area is 129 Å². The zero-order chi connectivity index (χ0) is 14.5. The van der Waals surface area contributed by atoms with Gasteiger partial charge in [0.15, 0.2) is 0 Å². The highest BCUT2D eigenvalue weighted by atomic mass is 79.9. The molecule has 0 aromatic carbocycles. The van der Waals surface area contributed by atoms with Crippen LogP contribution in [0.5, 0.6) is 0 Å². The first-order valence-corrected chi connectivity index (χ1v) is 9.78. The van der Waals surface area contributed by atoms with Crippen molar-refractivity contribution in [2.45, 2.75) is 63.8 Å². The van der Waals surface area contributed by atoms with E-state index in [2.05, 4.69) is 34.5 Å². The van der Waals surface area contributed by atoms with Gasteiger partial charge in [-0.05, 0) is 41.8 Å². The Kier molecular flexibility index (Phi) is 7.00. The molecule has 6 heteroatoms. The lowest BCUT2D eigenvalue weighted by molar-refractivity contribution is 0.483. The third-order valence-corrected chi connectivity index (χ3v) is 6.33. The van der Waals surface area contributed by atoms with Crippen molar-refractivity contribution in [3.05, 3.63) is 14.7 Å². The van der Waals surface area contributed by atoms with E-state index in [-0.39, 0.29) is 6.04 Å². The minimum Gasteiger partial charge on any atom is -0.208 e. The Morgan fingerprint density at radius 3 is 2.47 bits per heavy atom. The van der Waals surface area contributed by atoms with Crippen LogP contribution in [0.4, 0.5) is 0 Å². The molecule has 0 fully saturated rings. The first-order valence-electron chi connectivity index (χ1n) is 6.69. The second-order valence-electron chi connectivity index (χ2n) is 4.72. The van der Waals surface area contributed by atoms with Crippen LogP contribution in [0.3, 0.4) is 0 Å². The molecule has 0 bridgehead atoms. The molecule has 1 aromatic heterocycles. The van der Waals surface area contributed by atoms with Crippen LogP contribution in [-0.4, -0.2) is 14.5 Å². The van der Waals surface area contributed by atoms with E-state index in [0.29, 0.717) is 4.90 Å². The molecule has 1 aromatic rings. The SMILES string of the molecule is CCCCC(CCC)NS(=O)(=O)c1cc(Br)sc1C. The van der Waals surface area contributed by atoms with Crippen molar-refractivity contribution in [3.63, 3.8) is 0 Å². The lowest BCUT2D eigenvalue weighted by atomic mass is 10.1. The van der Waals surface area contributed by atoms with Crippen molar-refractivity contribution in [1.29, 1.82) is 0 Å². The van der Waals surface area contributed by atoms with Gasteiger partial charge < -0.3 is 0 Å². The normalized spacial score (nSPS) is 13.7. The fourth-order valence-electron chi connectivity index (χ4n) is 2.04. The molecule has 3 nitrogen and oxygen atoms in total. The lowest BCUT2D eigenvalue weighted by Crippen LogP contribution is -2.34. The number of halogens is 1. The van der Waals surface area contributed by atoms with Crippen LogP contribution >= 0.6 is 27.3 Å². The highest BCUT2D eigenvalue weighted by molar-refractivity contribution is 9.11. The monoisotopic (exact) mass is 367 g/mol. The van der Waals surface area contributed by atoms with Gasteiger partial charge in [0.1, 0.15) is 0 Å². The molecule has 1 N–H and O–H groups in total. The van der Waals surface area contributed by atoms with Crippen molar-refractivity contribution in [2.75, 3.05) is 0 Å². The topological polar surface area (TPSA) is 46.2 Å². The second-order valence-corrected chi connectivity index (χ2v) is 9.04. The number of thiophene rings is 1. The van der Waals surface area contributed by atoms with Crippen molar-refractivity contribution in [3.8, 4) is 0 Å². The fraction of sp³-hybridized carbons (Fsp3) is 0.692. The number of sulfonamides is 1. The average molecular weight is 368 g/mol. The molecule has 1 rings (SSSR count). The van der Waals surface area contributed by atoms with E-state index in [1.54, 1.807) is 6.07 Å². The first kappa shape index (κ1) is 17.1. The second kappa shape index (κ2) is 7.76. The van der Waals surface area contributed by atoms with E-state index in [0.717, 1.165) is 40.8 Å². The number of hydrogen-bond acceptors (Lipinski definition) is 3. The van der Waals surface area contributed by atoms with E-state index in [4.69, 9.17) is 0 Å². The molecule has 110 valence electrons. The Morgan fingerprint density at radius 1 is 1.32 bits per heavy atom. The molecule has 0 amide bonds. The van der Waals surface area contributed by atoms with Gasteiger partial charge >= 0.3 is 0 Å². The van der Waals surface area contributed by atoms with Gasteiger partial charge in [-0.3, -0.25) is 0 Å². The van der Waals surface area contributed by atoms with Gasteiger partial charge in [-0.1, -0.05) is 33.1 Å². The van der Waals surface area contributed by atoms with Gasteiger partial charge in [0.2, 0.25) is 10.0 Å². The van der Waals surface area contributed by atoms with Gasteiger partial charge in [-0.2, -0.15) is 0 Å². The zero-order valence-electron chi connectivity index (χ0n) is 11.7. The number of hydrogen-bond donors (Lipinski definition) is 1. The van der Waals surface area contributed by atoms with Gasteiger partial charge in [-0.25, -0.2) is 13.1 Å². The maximum Gasteiger partial charge on any atom is 0.241 e. The minimum absolute atomic E-state index is 0.0491. The van der Waals surface area contributed by atoms with Crippen LogP contribution in [0.25, 0.3) is 0 Å². The molecule has 0 spiro atoms. The third kappa shape index (κ3) is 5.17. The quantitative estimate of drug-likeness (QED) is 0.737. The molecule has 0 aliphatic carbocycles. The Morgan fingerprint density at radius 2 is 2.00 bits per heavy atom. The van der Waals surface area contributed by atoms with Crippen molar-refractivity contribution >= 4 is 37.3 Å². The molecule has 1 atom stereocenters. The van der Waals surface area contributed by atoms with Crippen LogP contribution in [0.2, 0.25) is 0 Å². The smallest absolute Gasteiger partial charge is 0.208 e. The summed E-state index contributed by atoms with van der Waals surface area (Å²) in [5.74, 6) is 0. The summed E-state index contributed by atoms with van der Waals surface area (Å²) in [5, 5.41) is 0. The average Bonchev–Trinajstić information content (AvgIpc) is 2.66. The van der Waals surface area contributed by atoms with Crippen LogP contribution < -0.4 is 4.72 Å². The van der Waals surface area contributed by atoms with Gasteiger partial charge in [0.25, 0.3) is 0 Å². The molecule has 19 heavy (non-hydrogen) atoms. The Bertz CT molecular complexity index is 497. The van der Waals surface area contributed by atoms with E-state index < -0.39 is 10.0 Å². The van der Waals surface area contributed by atoms with E-state index in [1.807, 2.05) is 6.92 Å². The van der Waals surface area contributed by atoms with Crippen LogP contribution in [0.15, 0.2) is 14.7 Å². The largest absolute Gasteiger partial charge is 0.241 e. The van der Waals surface area contributed by atoms with Crippen LogP contribution in [0, 0.1) is 6.92 Å². The van der Waals surface area contributed by atoms with Gasteiger partial charge in [0, 0.05) is 10.9 Å². The zero-order valence-corrected chi connectivity index (χ0v) is 14.9. The molecule has 0 saturated heterocycles. The molecule has 0 radical (unpaired) electrons. The molecule has 0 saturated carbocycles. The summed E-state index contributed by atoms with van der Waals surface area (Å²) in [6.45, 7) is 6.04. The number of rotatable bonds is 8. The molecular formula is C13H22BrNO2S2. The predicted molar refractivity (Wildman–Crippen MR) is 85.3 cm³/mol. The maximum absolute atomic E-state index is 12.4. The molecular weight excluding hydrogens is 346 g/mol. The van der Waals surface area contributed by atoms with E-state index in [1.165, 1.54) is 11.3 Å². The highest BCUT2D eigenvalue weighted by Crippen LogP contribution is 2.29. The summed E-state index contributed by atoms with van der Waals surface area (Å²) in [4.78, 5) is 1.23. The number of unbranched alkanes of at least 4 members (excludes halogenated alkanes) is 1. The summed E-state index contributed by atoms with van der Waals surface area (Å²) in [6, 6.07) is 1.73. The Hall–Kier alpha value is 0.0900. The van der Waals surface area contributed by atoms with Crippen LogP contribution in [0.1, 0.15) is 50.8 Å². The predicted octanol–water partition coefficient (Wildman–Crippen LogP) is 4.46. The summed E-state index contributed by atoms with van der Waals surface area (Å²) in [7, 11) is -3.39. The summed E-state index contributed by atoms with van der Waals surface area (Å²) in [5.41, 5.74) is 0. The van der Waals surface area contributed by atoms with Gasteiger partial charge in [-0.15, -0.1) is 11.3 Å². The third-order valence-electron chi connectivity index (χ3n) is 3.00. The summed E-state index contributed by atoms with van der Waals surface area (Å²) < 4.78 is 28.5. The van der Waals surface area contributed by atoms with Crippen molar-refractivity contribution in [2.24, 2.45) is 0 Å². The maximum atomic E-state index is 12.4. The lowest BCUT2D eigenvalue weighted by Gasteiger charge is -2.17. The van der Waals surface area contributed by atoms with E-state index in [9.17, 15) is 8.42 Å². The number of aryl methyl sites for hydroxylation is 1.